The predicted molar refractivity (Wildman–Crippen MR) is 87.7 cm³/mol. The number of anilines is 1. The number of rotatable bonds is 3. The molecule has 0 saturated heterocycles. The summed E-state index contributed by atoms with van der Waals surface area (Å²) in [5.74, 6) is -1.47. The smallest absolute Gasteiger partial charge is 0.340 e. The maximum Gasteiger partial charge on any atom is 0.340 e. The number of halogens is 1. The Labute approximate surface area is 141 Å². The van der Waals surface area contributed by atoms with Crippen LogP contribution in [0, 0.1) is 0 Å². The molecule has 0 bridgehead atoms. The number of ether oxygens (including phenoxy) is 1. The van der Waals surface area contributed by atoms with Crippen LogP contribution < -0.4 is 4.90 Å². The standard InChI is InChI=1S/C17H12BrNO4/c1-2-23-17(22)12-5-3-4-6-14(12)19-15(20)11-8-7-10(18)9-13(11)16(19)21/h3-9H,2H2,1H3. The highest BCUT2D eigenvalue weighted by atomic mass is 79.9. The first-order valence-electron chi connectivity index (χ1n) is 6.99. The lowest BCUT2D eigenvalue weighted by molar-refractivity contribution is 0.0527. The van der Waals surface area contributed by atoms with Crippen LogP contribution in [-0.4, -0.2) is 24.4 Å². The Morgan fingerprint density at radius 3 is 2.52 bits per heavy atom. The van der Waals surface area contributed by atoms with Gasteiger partial charge in [0.2, 0.25) is 0 Å². The molecule has 0 fully saturated rings. The molecule has 0 aromatic heterocycles. The van der Waals surface area contributed by atoms with Crippen LogP contribution in [0.5, 0.6) is 0 Å². The third-order valence-electron chi connectivity index (χ3n) is 3.49. The first kappa shape index (κ1) is 15.4. The van der Waals surface area contributed by atoms with E-state index >= 15 is 0 Å². The van der Waals surface area contributed by atoms with Gasteiger partial charge in [-0.15, -0.1) is 0 Å². The average molecular weight is 374 g/mol. The van der Waals surface area contributed by atoms with E-state index in [9.17, 15) is 14.4 Å². The molecule has 1 aliphatic heterocycles. The van der Waals surface area contributed by atoms with Gasteiger partial charge in [0.25, 0.3) is 11.8 Å². The number of imide groups is 1. The van der Waals surface area contributed by atoms with E-state index in [0.29, 0.717) is 15.6 Å². The Kier molecular flexibility index (Phi) is 4.00. The molecule has 6 heteroatoms. The number of fused-ring (bicyclic) bond motifs is 1. The molecule has 1 heterocycles. The number of carbonyl (C=O) groups excluding carboxylic acids is 3. The van der Waals surface area contributed by atoms with Crippen molar-refractivity contribution in [3.8, 4) is 0 Å². The molecule has 0 unspecified atom stereocenters. The minimum atomic E-state index is -0.569. The molecule has 1 aliphatic rings. The fourth-order valence-electron chi connectivity index (χ4n) is 2.48. The van der Waals surface area contributed by atoms with Crippen LogP contribution in [0.4, 0.5) is 5.69 Å². The van der Waals surface area contributed by atoms with Gasteiger partial charge in [-0.3, -0.25) is 9.59 Å². The van der Waals surface area contributed by atoms with E-state index in [1.54, 1.807) is 43.3 Å². The van der Waals surface area contributed by atoms with E-state index in [4.69, 9.17) is 4.74 Å². The van der Waals surface area contributed by atoms with Crippen LogP contribution in [0.2, 0.25) is 0 Å². The largest absolute Gasteiger partial charge is 0.462 e. The van der Waals surface area contributed by atoms with Crippen LogP contribution in [0.3, 0.4) is 0 Å². The summed E-state index contributed by atoms with van der Waals surface area (Å²) >= 11 is 3.29. The van der Waals surface area contributed by atoms with E-state index in [0.717, 1.165) is 4.90 Å². The molecule has 0 saturated carbocycles. The average Bonchev–Trinajstić information content (AvgIpc) is 2.78. The maximum absolute atomic E-state index is 12.6. The molecule has 0 aliphatic carbocycles. The van der Waals surface area contributed by atoms with Crippen molar-refractivity contribution in [3.05, 3.63) is 63.6 Å². The molecule has 0 N–H and O–H groups in total. The van der Waals surface area contributed by atoms with Crippen molar-refractivity contribution >= 4 is 39.4 Å². The molecule has 2 aromatic rings. The van der Waals surface area contributed by atoms with Crippen molar-refractivity contribution < 1.29 is 19.1 Å². The molecule has 0 atom stereocenters. The van der Waals surface area contributed by atoms with E-state index in [2.05, 4.69) is 15.9 Å². The van der Waals surface area contributed by atoms with Crippen molar-refractivity contribution in [3.63, 3.8) is 0 Å². The lowest BCUT2D eigenvalue weighted by Crippen LogP contribution is -2.31. The van der Waals surface area contributed by atoms with Crippen molar-refractivity contribution in [2.24, 2.45) is 0 Å². The molecule has 2 aromatic carbocycles. The number of hydrogen-bond donors (Lipinski definition) is 0. The SMILES string of the molecule is CCOC(=O)c1ccccc1N1C(=O)c2ccc(Br)cc2C1=O. The number of nitrogens with zero attached hydrogens (tertiary/aromatic N) is 1. The summed E-state index contributed by atoms with van der Waals surface area (Å²) in [7, 11) is 0. The van der Waals surface area contributed by atoms with E-state index in [1.165, 1.54) is 6.07 Å². The van der Waals surface area contributed by atoms with Gasteiger partial charge >= 0.3 is 5.97 Å². The summed E-state index contributed by atoms with van der Waals surface area (Å²) in [5, 5.41) is 0. The molecule has 116 valence electrons. The number of hydrogen-bond acceptors (Lipinski definition) is 4. The Bertz CT molecular complexity index is 831. The molecule has 3 rings (SSSR count). The van der Waals surface area contributed by atoms with Crippen molar-refractivity contribution in [1.82, 2.24) is 0 Å². The third-order valence-corrected chi connectivity index (χ3v) is 3.98. The molecular formula is C17H12BrNO4. The van der Waals surface area contributed by atoms with E-state index < -0.39 is 17.8 Å². The van der Waals surface area contributed by atoms with Crippen LogP contribution in [-0.2, 0) is 4.74 Å². The Hall–Kier alpha value is -2.47. The highest BCUT2D eigenvalue weighted by Crippen LogP contribution is 2.32. The maximum atomic E-state index is 12.6. The van der Waals surface area contributed by atoms with Crippen LogP contribution in [0.25, 0.3) is 0 Å². The summed E-state index contributed by atoms with van der Waals surface area (Å²) < 4.78 is 5.71. The Morgan fingerprint density at radius 1 is 1.09 bits per heavy atom. The summed E-state index contributed by atoms with van der Waals surface area (Å²) in [6, 6.07) is 11.3. The molecule has 2 amide bonds. The second kappa shape index (κ2) is 5.96. The highest BCUT2D eigenvalue weighted by Gasteiger charge is 2.38. The van der Waals surface area contributed by atoms with E-state index in [-0.39, 0.29) is 17.9 Å². The second-order valence-electron chi connectivity index (χ2n) is 4.87. The van der Waals surface area contributed by atoms with Gasteiger partial charge in [0, 0.05) is 4.47 Å². The number of para-hydroxylation sites is 1. The molecule has 0 spiro atoms. The topological polar surface area (TPSA) is 63.7 Å². The van der Waals surface area contributed by atoms with Gasteiger partial charge < -0.3 is 4.74 Å². The molecular weight excluding hydrogens is 362 g/mol. The zero-order valence-electron chi connectivity index (χ0n) is 12.2. The van der Waals surface area contributed by atoms with Crippen molar-refractivity contribution in [2.45, 2.75) is 6.92 Å². The zero-order valence-corrected chi connectivity index (χ0v) is 13.8. The van der Waals surface area contributed by atoms with Gasteiger partial charge in [-0.05, 0) is 37.3 Å². The van der Waals surface area contributed by atoms with Gasteiger partial charge in [0.05, 0.1) is 29.0 Å². The lowest BCUT2D eigenvalue weighted by Gasteiger charge is -2.17. The number of amides is 2. The predicted octanol–water partition coefficient (Wildman–Crippen LogP) is 3.43. The summed E-state index contributed by atoms with van der Waals surface area (Å²) in [5.41, 5.74) is 1.04. The minimum Gasteiger partial charge on any atom is -0.462 e. The highest BCUT2D eigenvalue weighted by molar-refractivity contribution is 9.10. The number of carbonyl (C=O) groups is 3. The molecule has 5 nitrogen and oxygen atoms in total. The normalized spacial score (nSPS) is 13.2. The fourth-order valence-corrected chi connectivity index (χ4v) is 2.84. The zero-order chi connectivity index (χ0) is 16.6. The monoisotopic (exact) mass is 373 g/mol. The molecule has 23 heavy (non-hydrogen) atoms. The Morgan fingerprint density at radius 2 is 1.78 bits per heavy atom. The van der Waals surface area contributed by atoms with Gasteiger partial charge in [0.15, 0.2) is 0 Å². The Balaban J connectivity index is 2.09. The van der Waals surface area contributed by atoms with Crippen molar-refractivity contribution in [2.75, 3.05) is 11.5 Å². The number of benzene rings is 2. The van der Waals surface area contributed by atoms with Gasteiger partial charge in [-0.1, -0.05) is 28.1 Å². The number of esters is 1. The van der Waals surface area contributed by atoms with Gasteiger partial charge in [-0.25, -0.2) is 9.69 Å². The van der Waals surface area contributed by atoms with Gasteiger partial charge in [0.1, 0.15) is 0 Å². The third kappa shape index (κ3) is 2.55. The molecule has 0 radical (unpaired) electrons. The summed E-state index contributed by atoms with van der Waals surface area (Å²) in [4.78, 5) is 38.3. The van der Waals surface area contributed by atoms with Crippen LogP contribution in [0.1, 0.15) is 38.0 Å². The minimum absolute atomic E-state index is 0.183. The van der Waals surface area contributed by atoms with Crippen LogP contribution in [0.15, 0.2) is 46.9 Å². The van der Waals surface area contributed by atoms with Crippen molar-refractivity contribution in [1.29, 1.82) is 0 Å². The van der Waals surface area contributed by atoms with E-state index in [1.807, 2.05) is 0 Å². The first-order chi connectivity index (χ1) is 11.0. The first-order valence-corrected chi connectivity index (χ1v) is 7.78. The summed E-state index contributed by atoms with van der Waals surface area (Å²) in [6.45, 7) is 1.91. The fraction of sp³-hybridized carbons (Fsp3) is 0.118. The second-order valence-corrected chi connectivity index (χ2v) is 5.79. The summed E-state index contributed by atoms with van der Waals surface area (Å²) in [6.07, 6.45) is 0. The lowest BCUT2D eigenvalue weighted by atomic mass is 10.1. The quantitative estimate of drug-likeness (QED) is 0.610. The van der Waals surface area contributed by atoms with Gasteiger partial charge in [-0.2, -0.15) is 0 Å². The van der Waals surface area contributed by atoms with Crippen LogP contribution >= 0.6 is 15.9 Å².